The molecule has 0 unspecified atom stereocenters. The lowest BCUT2D eigenvalue weighted by Crippen LogP contribution is -2.35. The van der Waals surface area contributed by atoms with Gasteiger partial charge in [-0.25, -0.2) is 19.7 Å². The number of hydrogen-bond donors (Lipinski definition) is 2. The number of hydrogen-bond acceptors (Lipinski definition) is 7. The number of pyridine rings is 1. The summed E-state index contributed by atoms with van der Waals surface area (Å²) in [7, 11) is 0. The molecule has 11 heteroatoms. The third-order valence-electron chi connectivity index (χ3n) is 5.09. The molecular weight excluding hydrogens is 401 g/mol. The van der Waals surface area contributed by atoms with Gasteiger partial charge in [-0.2, -0.15) is 13.2 Å². The van der Waals surface area contributed by atoms with Crippen LogP contribution in [0, 0.1) is 0 Å². The van der Waals surface area contributed by atoms with E-state index in [0.717, 1.165) is 25.1 Å². The van der Waals surface area contributed by atoms with E-state index in [2.05, 4.69) is 25.6 Å². The predicted octanol–water partition coefficient (Wildman–Crippen LogP) is 3.37. The SMILES string of the molecule is C[C@@H]1CN(c2cc(C(F)(F)F)cc(-c3ncnc4c3[C@@H](C)OC(=O)N4)n2)CCCN1. The van der Waals surface area contributed by atoms with E-state index in [-0.39, 0.29) is 29.1 Å². The topological polar surface area (TPSA) is 92.3 Å². The van der Waals surface area contributed by atoms with Crippen LogP contribution in [-0.4, -0.2) is 46.7 Å². The quantitative estimate of drug-likeness (QED) is 0.767. The highest BCUT2D eigenvalue weighted by atomic mass is 19.4. The highest BCUT2D eigenvalue weighted by molar-refractivity contribution is 5.88. The minimum absolute atomic E-state index is 0.0509. The molecule has 2 N–H and O–H groups in total. The van der Waals surface area contributed by atoms with Gasteiger partial charge in [0.25, 0.3) is 0 Å². The van der Waals surface area contributed by atoms with Crippen LogP contribution in [0.3, 0.4) is 0 Å². The van der Waals surface area contributed by atoms with Gasteiger partial charge in [0.1, 0.15) is 29.8 Å². The van der Waals surface area contributed by atoms with Crippen LogP contribution in [0.25, 0.3) is 11.4 Å². The number of rotatable bonds is 2. The first kappa shape index (κ1) is 20.3. The third kappa shape index (κ3) is 4.02. The second-order valence-corrected chi connectivity index (χ2v) is 7.41. The number of amides is 1. The van der Waals surface area contributed by atoms with Gasteiger partial charge in [0.15, 0.2) is 0 Å². The number of nitrogens with one attached hydrogen (secondary N) is 2. The summed E-state index contributed by atoms with van der Waals surface area (Å²) in [5, 5.41) is 5.77. The van der Waals surface area contributed by atoms with Crippen molar-refractivity contribution in [1.29, 1.82) is 0 Å². The van der Waals surface area contributed by atoms with Gasteiger partial charge in [-0.1, -0.05) is 0 Å². The summed E-state index contributed by atoms with van der Waals surface area (Å²) in [4.78, 5) is 26.2. The number of ether oxygens (including phenoxy) is 1. The highest BCUT2D eigenvalue weighted by Gasteiger charge is 2.34. The van der Waals surface area contributed by atoms with E-state index >= 15 is 0 Å². The fourth-order valence-corrected chi connectivity index (χ4v) is 3.71. The first-order chi connectivity index (χ1) is 14.2. The molecule has 30 heavy (non-hydrogen) atoms. The number of nitrogens with zero attached hydrogens (tertiary/aromatic N) is 4. The largest absolute Gasteiger partial charge is 0.441 e. The number of fused-ring (bicyclic) bond motifs is 1. The summed E-state index contributed by atoms with van der Waals surface area (Å²) < 4.78 is 46.2. The van der Waals surface area contributed by atoms with Crippen LogP contribution >= 0.6 is 0 Å². The van der Waals surface area contributed by atoms with Crippen LogP contribution in [0.4, 0.5) is 29.6 Å². The molecule has 0 spiro atoms. The zero-order valence-electron chi connectivity index (χ0n) is 16.5. The molecule has 1 saturated heterocycles. The smallest absolute Gasteiger partial charge is 0.416 e. The van der Waals surface area contributed by atoms with Gasteiger partial charge in [0.2, 0.25) is 0 Å². The van der Waals surface area contributed by atoms with E-state index in [1.165, 1.54) is 6.33 Å². The second kappa shape index (κ2) is 7.71. The summed E-state index contributed by atoms with van der Waals surface area (Å²) in [5.74, 6) is 0.438. The van der Waals surface area contributed by atoms with Crippen molar-refractivity contribution in [2.45, 2.75) is 38.6 Å². The number of cyclic esters (lactones) is 1. The average Bonchev–Trinajstić information content (AvgIpc) is 2.90. The van der Waals surface area contributed by atoms with Gasteiger partial charge < -0.3 is 15.0 Å². The number of aromatic nitrogens is 3. The molecule has 4 rings (SSSR count). The first-order valence-corrected chi connectivity index (χ1v) is 9.63. The van der Waals surface area contributed by atoms with E-state index in [1.807, 2.05) is 11.8 Å². The number of carbonyl (C=O) groups excluding carboxylic acids is 1. The van der Waals surface area contributed by atoms with E-state index in [9.17, 15) is 18.0 Å². The maximum Gasteiger partial charge on any atom is 0.416 e. The molecule has 160 valence electrons. The van der Waals surface area contributed by atoms with E-state index in [4.69, 9.17) is 4.74 Å². The standard InChI is InChI=1S/C19H21F3N6O2/c1-10-8-28(5-3-4-23-10)14-7-12(19(20,21)22)6-13(26-14)16-15-11(2)30-18(29)27-17(15)25-9-24-16/h6-7,9-11,23H,3-5,8H2,1-2H3,(H,24,25,27,29)/t10-,11-/m1/s1. The molecule has 1 fully saturated rings. The molecule has 2 aromatic rings. The Morgan fingerprint density at radius 2 is 2.03 bits per heavy atom. The molecule has 2 aliphatic heterocycles. The molecular formula is C19H21F3N6O2. The molecule has 8 nitrogen and oxygen atoms in total. The molecule has 0 bridgehead atoms. The molecule has 0 aliphatic carbocycles. The maximum absolute atomic E-state index is 13.7. The van der Waals surface area contributed by atoms with Crippen molar-refractivity contribution in [1.82, 2.24) is 20.3 Å². The van der Waals surface area contributed by atoms with Gasteiger partial charge in [-0.05, 0) is 38.9 Å². The van der Waals surface area contributed by atoms with Crippen molar-refractivity contribution in [2.24, 2.45) is 0 Å². The molecule has 0 saturated carbocycles. The van der Waals surface area contributed by atoms with Crippen LogP contribution in [0.1, 0.15) is 37.5 Å². The monoisotopic (exact) mass is 422 g/mol. The molecule has 2 aromatic heterocycles. The van der Waals surface area contributed by atoms with Crippen LogP contribution in [0.5, 0.6) is 0 Å². The normalized spacial score (nSPS) is 22.0. The van der Waals surface area contributed by atoms with Crippen LogP contribution < -0.4 is 15.5 Å². The summed E-state index contributed by atoms with van der Waals surface area (Å²) in [6, 6.07) is 2.15. The van der Waals surface area contributed by atoms with Crippen molar-refractivity contribution >= 4 is 17.7 Å². The maximum atomic E-state index is 13.7. The van der Waals surface area contributed by atoms with Gasteiger partial charge in [-0.3, -0.25) is 5.32 Å². The molecule has 0 aromatic carbocycles. The molecule has 2 atom stereocenters. The lowest BCUT2D eigenvalue weighted by molar-refractivity contribution is -0.137. The second-order valence-electron chi connectivity index (χ2n) is 7.41. The Bertz CT molecular complexity index is 968. The Morgan fingerprint density at radius 3 is 2.80 bits per heavy atom. The summed E-state index contributed by atoms with van der Waals surface area (Å²) >= 11 is 0. The van der Waals surface area contributed by atoms with Crippen LogP contribution in [-0.2, 0) is 10.9 Å². The van der Waals surface area contributed by atoms with Gasteiger partial charge in [0, 0.05) is 19.1 Å². The van der Waals surface area contributed by atoms with Crippen LogP contribution in [0.15, 0.2) is 18.5 Å². The number of anilines is 2. The van der Waals surface area contributed by atoms with Gasteiger partial charge in [0.05, 0.1) is 16.8 Å². The minimum atomic E-state index is -4.55. The average molecular weight is 422 g/mol. The summed E-state index contributed by atoms with van der Waals surface area (Å²) in [5.41, 5.74) is -0.176. The number of alkyl halides is 3. The van der Waals surface area contributed by atoms with Crippen LogP contribution in [0.2, 0.25) is 0 Å². The molecule has 0 radical (unpaired) electrons. The Hall–Kier alpha value is -2.95. The zero-order valence-corrected chi connectivity index (χ0v) is 16.5. The number of carbonyl (C=O) groups is 1. The van der Waals surface area contributed by atoms with Gasteiger partial charge >= 0.3 is 12.3 Å². The zero-order chi connectivity index (χ0) is 21.5. The Labute approximate surface area is 170 Å². The summed E-state index contributed by atoms with van der Waals surface area (Å²) in [6.45, 7) is 5.50. The predicted molar refractivity (Wildman–Crippen MR) is 103 cm³/mol. The molecule has 4 heterocycles. The Balaban J connectivity index is 1.85. The lowest BCUT2D eigenvalue weighted by atomic mass is 10.0. The van der Waals surface area contributed by atoms with E-state index in [1.54, 1.807) is 6.92 Å². The minimum Gasteiger partial charge on any atom is -0.441 e. The third-order valence-corrected chi connectivity index (χ3v) is 5.09. The Morgan fingerprint density at radius 1 is 1.23 bits per heavy atom. The molecule has 2 aliphatic rings. The fraction of sp³-hybridized carbons (Fsp3) is 0.474. The Kier molecular flexibility index (Phi) is 5.22. The molecule has 1 amide bonds. The summed E-state index contributed by atoms with van der Waals surface area (Å²) in [6.07, 6.45) is -3.98. The van der Waals surface area contributed by atoms with E-state index in [0.29, 0.717) is 18.7 Å². The van der Waals surface area contributed by atoms with Crippen molar-refractivity contribution in [3.05, 3.63) is 29.6 Å². The van der Waals surface area contributed by atoms with Crippen molar-refractivity contribution in [2.75, 3.05) is 29.9 Å². The van der Waals surface area contributed by atoms with Crippen molar-refractivity contribution < 1.29 is 22.7 Å². The highest BCUT2D eigenvalue weighted by Crippen LogP contribution is 2.38. The van der Waals surface area contributed by atoms with Crippen molar-refractivity contribution in [3.8, 4) is 11.4 Å². The first-order valence-electron chi connectivity index (χ1n) is 9.63. The van der Waals surface area contributed by atoms with Gasteiger partial charge in [-0.15, -0.1) is 0 Å². The van der Waals surface area contributed by atoms with E-state index < -0.39 is 23.9 Å². The van der Waals surface area contributed by atoms with Crippen molar-refractivity contribution in [3.63, 3.8) is 0 Å². The lowest BCUT2D eigenvalue weighted by Gasteiger charge is -2.26. The fourth-order valence-electron chi connectivity index (χ4n) is 3.71. The number of halogens is 3.